The Morgan fingerprint density at radius 1 is 1.26 bits per heavy atom. The Kier molecular flexibility index (Phi) is 8.27. The maximum Gasteiger partial charge on any atom is 0.315 e. The number of ether oxygens (including phenoxy) is 1. The summed E-state index contributed by atoms with van der Waals surface area (Å²) >= 11 is 0. The molecule has 0 radical (unpaired) electrons. The number of carbonyl (C=O) groups is 1. The van der Waals surface area contributed by atoms with Gasteiger partial charge >= 0.3 is 5.97 Å². The lowest BCUT2D eigenvalue weighted by molar-refractivity contribution is -0.149. The van der Waals surface area contributed by atoms with Gasteiger partial charge in [0.2, 0.25) is 0 Å². The maximum absolute atomic E-state index is 12.1. The summed E-state index contributed by atoms with van der Waals surface area (Å²) in [4.78, 5) is 12.1. The van der Waals surface area contributed by atoms with Gasteiger partial charge in [0, 0.05) is 8.07 Å². The lowest BCUT2D eigenvalue weighted by atomic mass is 9.96. The van der Waals surface area contributed by atoms with Crippen LogP contribution in [0.3, 0.4) is 0 Å². The third-order valence-electron chi connectivity index (χ3n) is 3.62. The van der Waals surface area contributed by atoms with Crippen molar-refractivity contribution in [2.45, 2.75) is 51.6 Å². The zero-order valence-electron chi connectivity index (χ0n) is 14.8. The van der Waals surface area contributed by atoms with Crippen molar-refractivity contribution in [2.75, 3.05) is 6.61 Å². The van der Waals surface area contributed by atoms with Crippen molar-refractivity contribution in [3.8, 4) is 0 Å². The minimum atomic E-state index is -1.20. The van der Waals surface area contributed by atoms with E-state index in [1.165, 1.54) is 5.56 Å². The highest BCUT2D eigenvalue weighted by molar-refractivity contribution is 6.76. The van der Waals surface area contributed by atoms with E-state index in [1.54, 1.807) is 6.92 Å². The molecule has 0 aliphatic rings. The van der Waals surface area contributed by atoms with Crippen LogP contribution in [0.4, 0.5) is 0 Å². The van der Waals surface area contributed by atoms with E-state index >= 15 is 0 Å². The van der Waals surface area contributed by atoms with E-state index < -0.39 is 20.1 Å². The minimum absolute atomic E-state index is 0.333. The number of carbonyl (C=O) groups excluding carboxylic acids is 1. The molecule has 1 N–H and O–H groups in total. The molecule has 0 spiro atoms. The van der Waals surface area contributed by atoms with E-state index in [1.807, 2.05) is 42.5 Å². The topological polar surface area (TPSA) is 46.5 Å². The summed E-state index contributed by atoms with van der Waals surface area (Å²) in [6, 6.07) is 11.0. The number of aliphatic hydroxyl groups is 1. The van der Waals surface area contributed by atoms with Crippen molar-refractivity contribution >= 4 is 14.0 Å². The number of esters is 1. The molecule has 0 bridgehead atoms. The van der Waals surface area contributed by atoms with Gasteiger partial charge in [0.05, 0.1) is 12.7 Å². The number of hydrogen-bond acceptors (Lipinski definition) is 3. The number of rotatable bonds is 9. The summed E-state index contributed by atoms with van der Waals surface area (Å²) in [5.74, 6) is -0.908. The molecule has 3 nitrogen and oxygen atoms in total. The van der Waals surface area contributed by atoms with Crippen LogP contribution in [0.5, 0.6) is 0 Å². The van der Waals surface area contributed by atoms with Gasteiger partial charge in [-0.2, -0.15) is 0 Å². The van der Waals surface area contributed by atoms with Gasteiger partial charge in [0.15, 0.2) is 0 Å². The first kappa shape index (κ1) is 19.7. The molecule has 1 rings (SSSR count). The van der Waals surface area contributed by atoms with Gasteiger partial charge in [0.25, 0.3) is 0 Å². The average Bonchev–Trinajstić information content (AvgIpc) is 2.49. The first-order valence-corrected chi connectivity index (χ1v) is 12.1. The number of aliphatic hydroxyl groups excluding tert-OH is 1. The third kappa shape index (κ3) is 8.14. The van der Waals surface area contributed by atoms with Gasteiger partial charge in [-0.1, -0.05) is 62.1 Å². The van der Waals surface area contributed by atoms with Gasteiger partial charge in [-0.3, -0.25) is 4.79 Å². The second-order valence-corrected chi connectivity index (χ2v) is 12.6. The Labute approximate surface area is 141 Å². The van der Waals surface area contributed by atoms with Gasteiger partial charge in [-0.25, -0.2) is 0 Å². The van der Waals surface area contributed by atoms with Gasteiger partial charge < -0.3 is 9.84 Å². The Hall–Kier alpha value is -1.39. The molecular weight excluding hydrogens is 304 g/mol. The molecule has 0 aromatic heterocycles. The number of aryl methyl sites for hydroxylation is 1. The van der Waals surface area contributed by atoms with E-state index in [0.29, 0.717) is 13.0 Å². The van der Waals surface area contributed by atoms with Crippen LogP contribution in [-0.4, -0.2) is 31.9 Å². The number of allylic oxidation sites excluding steroid dienone is 1. The van der Waals surface area contributed by atoms with E-state index in [-0.39, 0.29) is 5.97 Å². The highest BCUT2D eigenvalue weighted by Crippen LogP contribution is 2.17. The quantitative estimate of drug-likeness (QED) is 0.421. The molecule has 0 fully saturated rings. The van der Waals surface area contributed by atoms with Crippen LogP contribution in [0.15, 0.2) is 42.5 Å². The predicted molar refractivity (Wildman–Crippen MR) is 98.2 cm³/mol. The molecule has 23 heavy (non-hydrogen) atoms. The highest BCUT2D eigenvalue weighted by atomic mass is 28.3. The zero-order chi connectivity index (χ0) is 17.3. The second-order valence-electron chi connectivity index (χ2n) is 7.06. The molecule has 0 heterocycles. The Morgan fingerprint density at radius 2 is 1.91 bits per heavy atom. The van der Waals surface area contributed by atoms with E-state index in [2.05, 4.69) is 19.6 Å². The molecule has 128 valence electrons. The molecule has 4 heteroatoms. The summed E-state index contributed by atoms with van der Waals surface area (Å²) in [6.45, 7) is 8.97. The van der Waals surface area contributed by atoms with Crippen LogP contribution in [0.25, 0.3) is 0 Å². The smallest absolute Gasteiger partial charge is 0.315 e. The monoisotopic (exact) mass is 334 g/mol. The molecule has 1 aromatic carbocycles. The fourth-order valence-electron chi connectivity index (χ4n) is 2.31. The first-order valence-electron chi connectivity index (χ1n) is 8.39. The van der Waals surface area contributed by atoms with Crippen molar-refractivity contribution in [3.05, 3.63) is 48.0 Å². The SMILES string of the molecule is CCOC(=O)[C@H](/C=C/C[Si](C)(C)C)[C@H](O)CCc1ccccc1. The molecule has 1 aromatic rings. The Bertz CT molecular complexity index is 491. The van der Waals surface area contributed by atoms with E-state index in [9.17, 15) is 9.90 Å². The third-order valence-corrected chi connectivity index (χ3v) is 5.08. The molecule has 0 aliphatic carbocycles. The van der Waals surface area contributed by atoms with Crippen LogP contribution in [-0.2, 0) is 16.0 Å². The lowest BCUT2D eigenvalue weighted by Gasteiger charge is -2.19. The summed E-state index contributed by atoms with van der Waals surface area (Å²) in [6.07, 6.45) is 4.46. The van der Waals surface area contributed by atoms with Crippen LogP contribution < -0.4 is 0 Å². The Balaban J connectivity index is 2.68. The summed E-state index contributed by atoms with van der Waals surface area (Å²) in [5.41, 5.74) is 1.17. The lowest BCUT2D eigenvalue weighted by Crippen LogP contribution is -2.29. The normalized spacial score (nSPS) is 14.7. The first-order chi connectivity index (χ1) is 10.8. The molecule has 0 aliphatic heterocycles. The summed E-state index contributed by atoms with van der Waals surface area (Å²) < 4.78 is 5.12. The van der Waals surface area contributed by atoms with E-state index in [4.69, 9.17) is 4.74 Å². The zero-order valence-corrected chi connectivity index (χ0v) is 15.8. The van der Waals surface area contributed by atoms with Crippen molar-refractivity contribution in [1.29, 1.82) is 0 Å². The van der Waals surface area contributed by atoms with Gasteiger partial charge in [-0.15, -0.1) is 0 Å². The fraction of sp³-hybridized carbons (Fsp3) is 0.526. The Morgan fingerprint density at radius 3 is 2.48 bits per heavy atom. The fourth-order valence-corrected chi connectivity index (χ4v) is 3.15. The van der Waals surface area contributed by atoms with E-state index in [0.717, 1.165) is 12.5 Å². The number of hydrogen-bond donors (Lipinski definition) is 1. The summed E-state index contributed by atoms with van der Waals surface area (Å²) in [7, 11) is -1.20. The second kappa shape index (κ2) is 9.68. The van der Waals surface area contributed by atoms with Gasteiger partial charge in [-0.05, 0) is 31.4 Å². The maximum atomic E-state index is 12.1. The average molecular weight is 335 g/mol. The molecule has 0 amide bonds. The van der Waals surface area contributed by atoms with Crippen molar-refractivity contribution < 1.29 is 14.6 Å². The van der Waals surface area contributed by atoms with Crippen LogP contribution in [0, 0.1) is 5.92 Å². The molecule has 0 unspecified atom stereocenters. The molecular formula is C19H30O3Si. The van der Waals surface area contributed by atoms with Gasteiger partial charge in [0.1, 0.15) is 5.92 Å². The minimum Gasteiger partial charge on any atom is -0.465 e. The largest absolute Gasteiger partial charge is 0.465 e. The molecule has 0 saturated heterocycles. The van der Waals surface area contributed by atoms with Crippen LogP contribution in [0.1, 0.15) is 18.9 Å². The molecule has 0 saturated carbocycles. The molecule has 2 atom stereocenters. The highest BCUT2D eigenvalue weighted by Gasteiger charge is 2.25. The number of benzene rings is 1. The van der Waals surface area contributed by atoms with Crippen LogP contribution in [0.2, 0.25) is 25.7 Å². The standard InChI is InChI=1S/C19H30O3Si/c1-5-22-19(21)17(12-9-15-23(2,3)4)18(20)14-13-16-10-7-6-8-11-16/h6-12,17-18,20H,5,13-15H2,1-4H3/b12-9+/t17-,18-/m1/s1. The van der Waals surface area contributed by atoms with Crippen LogP contribution >= 0.6 is 0 Å². The van der Waals surface area contributed by atoms with Crippen molar-refractivity contribution in [2.24, 2.45) is 5.92 Å². The van der Waals surface area contributed by atoms with Crippen molar-refractivity contribution in [3.63, 3.8) is 0 Å². The summed E-state index contributed by atoms with van der Waals surface area (Å²) in [5, 5.41) is 10.5. The predicted octanol–water partition coefficient (Wildman–Crippen LogP) is 4.05. The van der Waals surface area contributed by atoms with Crippen molar-refractivity contribution in [1.82, 2.24) is 0 Å².